The number of nitrogens with zero attached hydrogens (tertiary/aromatic N) is 5. The number of anilines is 1. The smallest absolute Gasteiger partial charge is 0.276 e. The third kappa shape index (κ3) is 5.12. The van der Waals surface area contributed by atoms with Gasteiger partial charge in [0.15, 0.2) is 5.82 Å². The minimum atomic E-state index is -1.22. The lowest BCUT2D eigenvalue weighted by atomic mass is 10.1. The number of aliphatic hydroxyl groups is 1. The summed E-state index contributed by atoms with van der Waals surface area (Å²) in [7, 11) is 0. The number of aryl methyl sites for hydroxylation is 3. The molecule has 0 aliphatic heterocycles. The van der Waals surface area contributed by atoms with Gasteiger partial charge in [-0.25, -0.2) is 14.4 Å². The van der Waals surface area contributed by atoms with E-state index >= 15 is 0 Å². The van der Waals surface area contributed by atoms with Gasteiger partial charge in [0.2, 0.25) is 0 Å². The zero-order chi connectivity index (χ0) is 26.2. The SMILES string of the molecule is Cc1cnc(CNc2cc(C)n(-c3cc(-c4ccnc(C(C)(C)O)n4)ncc3C)c(=O)c2Cl)c(F)c1. The Bertz CT molecular complexity index is 1510. The summed E-state index contributed by atoms with van der Waals surface area (Å²) in [6, 6.07) is 6.56. The predicted octanol–water partition coefficient (Wildman–Crippen LogP) is 4.64. The molecule has 0 unspecified atom stereocenters. The fourth-order valence-corrected chi connectivity index (χ4v) is 3.91. The van der Waals surface area contributed by atoms with E-state index in [1.807, 2.05) is 6.92 Å². The first kappa shape index (κ1) is 25.4. The largest absolute Gasteiger partial charge is 0.382 e. The molecule has 4 aromatic heterocycles. The third-order valence-electron chi connectivity index (χ3n) is 5.61. The molecule has 10 heteroatoms. The average molecular weight is 509 g/mol. The molecule has 0 aromatic carbocycles. The van der Waals surface area contributed by atoms with Crippen LogP contribution in [0.3, 0.4) is 0 Å². The van der Waals surface area contributed by atoms with E-state index in [4.69, 9.17) is 11.6 Å². The Balaban J connectivity index is 1.72. The zero-order valence-electron chi connectivity index (χ0n) is 20.6. The molecular weight excluding hydrogens is 483 g/mol. The summed E-state index contributed by atoms with van der Waals surface area (Å²) in [5.74, 6) is -0.170. The summed E-state index contributed by atoms with van der Waals surface area (Å²) in [6.45, 7) is 8.66. The molecule has 8 nitrogen and oxygen atoms in total. The van der Waals surface area contributed by atoms with E-state index in [1.54, 1.807) is 64.5 Å². The van der Waals surface area contributed by atoms with Gasteiger partial charge in [-0.1, -0.05) is 11.6 Å². The van der Waals surface area contributed by atoms with Gasteiger partial charge in [-0.2, -0.15) is 0 Å². The Kier molecular flexibility index (Phi) is 6.88. The maximum Gasteiger partial charge on any atom is 0.276 e. The molecule has 0 amide bonds. The summed E-state index contributed by atoms with van der Waals surface area (Å²) in [5.41, 5.74) is 2.65. The van der Waals surface area contributed by atoms with E-state index in [2.05, 4.69) is 25.3 Å². The van der Waals surface area contributed by atoms with E-state index in [0.717, 1.165) is 11.1 Å². The van der Waals surface area contributed by atoms with Crippen LogP contribution in [0.1, 0.15) is 42.2 Å². The summed E-state index contributed by atoms with van der Waals surface area (Å²) in [4.78, 5) is 30.5. The molecule has 0 aliphatic carbocycles. The van der Waals surface area contributed by atoms with Crippen LogP contribution in [0.25, 0.3) is 17.1 Å². The van der Waals surface area contributed by atoms with E-state index < -0.39 is 17.0 Å². The molecule has 36 heavy (non-hydrogen) atoms. The molecule has 2 N–H and O–H groups in total. The van der Waals surface area contributed by atoms with Crippen LogP contribution in [0, 0.1) is 26.6 Å². The molecule has 0 saturated carbocycles. The van der Waals surface area contributed by atoms with Gasteiger partial charge in [0.05, 0.1) is 35.0 Å². The molecule has 0 radical (unpaired) electrons. The first-order valence-corrected chi connectivity index (χ1v) is 11.6. The predicted molar refractivity (Wildman–Crippen MR) is 137 cm³/mol. The molecule has 0 atom stereocenters. The second kappa shape index (κ2) is 9.75. The molecule has 186 valence electrons. The Morgan fingerprint density at radius 2 is 1.83 bits per heavy atom. The highest BCUT2D eigenvalue weighted by atomic mass is 35.5. The quantitative estimate of drug-likeness (QED) is 0.390. The highest BCUT2D eigenvalue weighted by Gasteiger charge is 2.21. The van der Waals surface area contributed by atoms with Crippen molar-refractivity contribution in [3.8, 4) is 17.1 Å². The van der Waals surface area contributed by atoms with Crippen LogP contribution in [0.2, 0.25) is 5.02 Å². The maximum atomic E-state index is 14.2. The normalized spacial score (nSPS) is 11.6. The lowest BCUT2D eigenvalue weighted by Crippen LogP contribution is -2.23. The van der Waals surface area contributed by atoms with Crippen molar-refractivity contribution in [3.05, 3.63) is 92.4 Å². The third-order valence-corrected chi connectivity index (χ3v) is 5.98. The first-order chi connectivity index (χ1) is 17.0. The second-order valence-corrected chi connectivity index (χ2v) is 9.51. The number of hydrogen-bond donors (Lipinski definition) is 2. The van der Waals surface area contributed by atoms with Crippen LogP contribution in [-0.2, 0) is 12.1 Å². The summed E-state index contributed by atoms with van der Waals surface area (Å²) >= 11 is 6.46. The highest BCUT2D eigenvalue weighted by molar-refractivity contribution is 6.33. The summed E-state index contributed by atoms with van der Waals surface area (Å²) in [5, 5.41) is 13.3. The summed E-state index contributed by atoms with van der Waals surface area (Å²) in [6.07, 6.45) is 4.78. The minimum Gasteiger partial charge on any atom is -0.382 e. The fourth-order valence-electron chi connectivity index (χ4n) is 3.70. The molecule has 0 spiro atoms. The van der Waals surface area contributed by atoms with Crippen molar-refractivity contribution in [1.82, 2.24) is 24.5 Å². The van der Waals surface area contributed by atoms with Gasteiger partial charge in [-0.3, -0.25) is 19.3 Å². The number of nitrogens with one attached hydrogen (secondary N) is 1. The van der Waals surface area contributed by atoms with Gasteiger partial charge >= 0.3 is 0 Å². The molecule has 0 aliphatic rings. The van der Waals surface area contributed by atoms with Crippen molar-refractivity contribution in [2.75, 3.05) is 5.32 Å². The van der Waals surface area contributed by atoms with Crippen LogP contribution in [0.15, 0.2) is 47.7 Å². The Hall–Kier alpha value is -3.69. The number of hydrogen-bond acceptors (Lipinski definition) is 7. The molecule has 0 saturated heterocycles. The number of halogens is 2. The van der Waals surface area contributed by atoms with E-state index in [1.165, 1.54) is 10.6 Å². The van der Waals surface area contributed by atoms with E-state index in [9.17, 15) is 14.3 Å². The van der Waals surface area contributed by atoms with Crippen LogP contribution in [0.4, 0.5) is 10.1 Å². The van der Waals surface area contributed by atoms with Gasteiger partial charge < -0.3 is 10.4 Å². The van der Waals surface area contributed by atoms with Crippen LogP contribution < -0.4 is 10.9 Å². The Labute approximate surface area is 212 Å². The molecule has 4 aromatic rings. The fraction of sp³-hybridized carbons (Fsp3) is 0.269. The zero-order valence-corrected chi connectivity index (χ0v) is 21.4. The monoisotopic (exact) mass is 508 g/mol. The number of pyridine rings is 3. The molecular formula is C26H26ClFN6O2. The molecule has 4 heterocycles. The average Bonchev–Trinajstić information content (AvgIpc) is 2.82. The topological polar surface area (TPSA) is 106 Å². The summed E-state index contributed by atoms with van der Waals surface area (Å²) < 4.78 is 15.7. The van der Waals surface area contributed by atoms with Crippen LogP contribution in [-0.4, -0.2) is 29.6 Å². The van der Waals surface area contributed by atoms with Crippen molar-refractivity contribution < 1.29 is 9.50 Å². The van der Waals surface area contributed by atoms with Crippen molar-refractivity contribution in [2.24, 2.45) is 0 Å². The first-order valence-electron chi connectivity index (χ1n) is 11.3. The van der Waals surface area contributed by atoms with Gasteiger partial charge in [-0.15, -0.1) is 0 Å². The van der Waals surface area contributed by atoms with E-state index in [0.29, 0.717) is 28.5 Å². The lowest BCUT2D eigenvalue weighted by molar-refractivity contribution is 0.0688. The van der Waals surface area contributed by atoms with Crippen LogP contribution in [0.5, 0.6) is 0 Å². The maximum absolute atomic E-state index is 14.2. The van der Waals surface area contributed by atoms with Gasteiger partial charge in [0, 0.05) is 24.3 Å². The van der Waals surface area contributed by atoms with Crippen molar-refractivity contribution in [1.29, 1.82) is 0 Å². The van der Waals surface area contributed by atoms with Crippen molar-refractivity contribution >= 4 is 17.3 Å². The van der Waals surface area contributed by atoms with Crippen molar-refractivity contribution in [2.45, 2.75) is 46.8 Å². The molecule has 0 bridgehead atoms. The second-order valence-electron chi connectivity index (χ2n) is 9.13. The van der Waals surface area contributed by atoms with Gasteiger partial charge in [0.1, 0.15) is 16.4 Å². The van der Waals surface area contributed by atoms with E-state index in [-0.39, 0.29) is 23.1 Å². The van der Waals surface area contributed by atoms with Crippen LogP contribution >= 0.6 is 11.6 Å². The standard InChI is InChI=1S/C26H26ClFN6O2/c1-14-8-17(28)21(30-11-14)13-32-20-9-16(3)34(24(35)23(20)27)22-10-19(31-12-15(22)2)18-6-7-29-25(33-18)26(4,5)36/h6-12,32,36H,13H2,1-5H3. The van der Waals surface area contributed by atoms with Gasteiger partial charge in [-0.05, 0) is 70.0 Å². The van der Waals surface area contributed by atoms with Crippen molar-refractivity contribution in [3.63, 3.8) is 0 Å². The highest BCUT2D eigenvalue weighted by Crippen LogP contribution is 2.26. The number of aromatic nitrogens is 5. The van der Waals surface area contributed by atoms with Gasteiger partial charge in [0.25, 0.3) is 5.56 Å². The number of rotatable bonds is 6. The molecule has 0 fully saturated rings. The Morgan fingerprint density at radius 3 is 2.53 bits per heavy atom. The Morgan fingerprint density at radius 1 is 1.08 bits per heavy atom. The minimum absolute atomic E-state index is 0.0303. The molecule has 4 rings (SSSR count). The lowest BCUT2D eigenvalue weighted by Gasteiger charge is -2.18.